The van der Waals surface area contributed by atoms with E-state index in [1.807, 2.05) is 59.5 Å². The molecule has 5 nitrogen and oxygen atoms in total. The molecular formula is C24H30N2O3. The first-order valence-electron chi connectivity index (χ1n) is 10.7. The lowest BCUT2D eigenvalue weighted by atomic mass is 9.87. The van der Waals surface area contributed by atoms with Gasteiger partial charge in [-0.15, -0.1) is 0 Å². The Hall–Kier alpha value is -2.53. The lowest BCUT2D eigenvalue weighted by Gasteiger charge is -2.34. The summed E-state index contributed by atoms with van der Waals surface area (Å²) in [5.74, 6) is 1.05. The third-order valence-electron chi connectivity index (χ3n) is 6.12. The van der Waals surface area contributed by atoms with E-state index in [2.05, 4.69) is 5.32 Å². The second-order valence-corrected chi connectivity index (χ2v) is 8.16. The maximum atomic E-state index is 12.6. The zero-order valence-electron chi connectivity index (χ0n) is 16.8. The summed E-state index contributed by atoms with van der Waals surface area (Å²) in [4.78, 5) is 14.4. The average molecular weight is 395 g/mol. The molecule has 1 heterocycles. The number of amides is 2. The van der Waals surface area contributed by atoms with Crippen LogP contribution in [0.4, 0.5) is 10.5 Å². The van der Waals surface area contributed by atoms with Gasteiger partial charge < -0.3 is 20.1 Å². The van der Waals surface area contributed by atoms with Gasteiger partial charge in [0.05, 0.1) is 12.2 Å². The van der Waals surface area contributed by atoms with E-state index in [9.17, 15) is 9.90 Å². The van der Waals surface area contributed by atoms with Crippen molar-refractivity contribution in [3.05, 3.63) is 60.2 Å². The van der Waals surface area contributed by atoms with E-state index in [0.29, 0.717) is 19.2 Å². The van der Waals surface area contributed by atoms with Crippen LogP contribution in [0.5, 0.6) is 5.75 Å². The molecule has 0 bridgehead atoms. The van der Waals surface area contributed by atoms with Crippen LogP contribution in [-0.4, -0.2) is 35.2 Å². The predicted octanol–water partition coefficient (Wildman–Crippen LogP) is 4.99. The first kappa shape index (κ1) is 19.8. The summed E-state index contributed by atoms with van der Waals surface area (Å²) in [5.41, 5.74) is 1.73. The van der Waals surface area contributed by atoms with Crippen LogP contribution in [0.25, 0.3) is 0 Å². The number of hydrogen-bond donors (Lipinski definition) is 2. The number of anilines is 1. The fourth-order valence-electron chi connectivity index (χ4n) is 4.36. The van der Waals surface area contributed by atoms with E-state index < -0.39 is 6.10 Å². The molecule has 2 N–H and O–H groups in total. The van der Waals surface area contributed by atoms with Crippen molar-refractivity contribution in [1.29, 1.82) is 0 Å². The highest BCUT2D eigenvalue weighted by atomic mass is 16.5. The second kappa shape index (κ2) is 9.31. The van der Waals surface area contributed by atoms with Crippen molar-refractivity contribution in [2.45, 2.75) is 50.7 Å². The number of aliphatic hydroxyl groups excluding tert-OH is 1. The van der Waals surface area contributed by atoms with Crippen LogP contribution < -0.4 is 10.1 Å². The van der Waals surface area contributed by atoms with Gasteiger partial charge in [0.15, 0.2) is 0 Å². The van der Waals surface area contributed by atoms with E-state index in [-0.39, 0.29) is 11.9 Å². The van der Waals surface area contributed by atoms with Crippen LogP contribution in [0, 0.1) is 5.92 Å². The van der Waals surface area contributed by atoms with Gasteiger partial charge in [-0.1, -0.05) is 30.3 Å². The number of ether oxygens (including phenoxy) is 1. The summed E-state index contributed by atoms with van der Waals surface area (Å²) in [6.45, 7) is 1.31. The topological polar surface area (TPSA) is 61.8 Å². The third-order valence-corrected chi connectivity index (χ3v) is 6.12. The van der Waals surface area contributed by atoms with Crippen molar-refractivity contribution in [3.63, 3.8) is 0 Å². The fourth-order valence-corrected chi connectivity index (χ4v) is 4.36. The molecule has 1 unspecified atom stereocenters. The maximum Gasteiger partial charge on any atom is 0.321 e. The van der Waals surface area contributed by atoms with Gasteiger partial charge in [-0.25, -0.2) is 4.79 Å². The molecule has 2 fully saturated rings. The normalized spacial score (nSPS) is 19.1. The first-order valence-corrected chi connectivity index (χ1v) is 10.7. The SMILES string of the molecule is O=C(Nc1ccc(OC2CCCC2)cc1)N1CCC(C(O)c2ccccc2)CC1. The molecule has 1 aliphatic heterocycles. The van der Waals surface area contributed by atoms with Crippen LogP contribution in [0.3, 0.4) is 0 Å². The zero-order valence-corrected chi connectivity index (χ0v) is 16.8. The highest BCUT2D eigenvalue weighted by Crippen LogP contribution is 2.31. The Kier molecular flexibility index (Phi) is 6.35. The molecule has 2 aromatic rings. The van der Waals surface area contributed by atoms with Crippen molar-refractivity contribution in [3.8, 4) is 5.75 Å². The monoisotopic (exact) mass is 394 g/mol. The van der Waals surface area contributed by atoms with E-state index in [4.69, 9.17) is 4.74 Å². The van der Waals surface area contributed by atoms with Crippen LogP contribution in [0.1, 0.15) is 50.2 Å². The van der Waals surface area contributed by atoms with Gasteiger partial charge in [-0.3, -0.25) is 0 Å². The maximum absolute atomic E-state index is 12.6. The Bertz CT molecular complexity index is 780. The number of urea groups is 1. The molecule has 1 saturated carbocycles. The Morgan fingerprint density at radius 1 is 0.966 bits per heavy atom. The molecule has 0 spiro atoms. The molecule has 2 amide bonds. The zero-order chi connectivity index (χ0) is 20.1. The summed E-state index contributed by atoms with van der Waals surface area (Å²) in [7, 11) is 0. The van der Waals surface area contributed by atoms with E-state index in [0.717, 1.165) is 42.7 Å². The van der Waals surface area contributed by atoms with Crippen LogP contribution in [0.2, 0.25) is 0 Å². The number of carbonyl (C=O) groups is 1. The highest BCUT2D eigenvalue weighted by molar-refractivity contribution is 5.89. The Morgan fingerprint density at radius 2 is 1.62 bits per heavy atom. The molecule has 5 heteroatoms. The number of nitrogens with one attached hydrogen (secondary N) is 1. The number of hydrogen-bond acceptors (Lipinski definition) is 3. The van der Waals surface area contributed by atoms with E-state index in [1.54, 1.807) is 0 Å². The standard InChI is InChI=1S/C24H30N2O3/c27-23(18-6-2-1-3-7-18)19-14-16-26(17-15-19)24(28)25-20-10-12-22(13-11-20)29-21-8-4-5-9-21/h1-3,6-7,10-13,19,21,23,27H,4-5,8-9,14-17H2,(H,25,28). The second-order valence-electron chi connectivity index (χ2n) is 8.16. The van der Waals surface area contributed by atoms with E-state index >= 15 is 0 Å². The molecular weight excluding hydrogens is 364 g/mol. The molecule has 2 aliphatic rings. The number of rotatable bonds is 5. The number of nitrogens with zero attached hydrogens (tertiary/aromatic N) is 1. The Labute approximate surface area is 172 Å². The van der Waals surface area contributed by atoms with Gasteiger partial charge in [0, 0.05) is 18.8 Å². The van der Waals surface area contributed by atoms with Gasteiger partial charge in [0.25, 0.3) is 0 Å². The molecule has 0 aromatic heterocycles. The summed E-state index contributed by atoms with van der Waals surface area (Å²) in [6.07, 6.45) is 6.24. The number of benzene rings is 2. The predicted molar refractivity (Wildman–Crippen MR) is 114 cm³/mol. The largest absolute Gasteiger partial charge is 0.490 e. The molecule has 1 aliphatic carbocycles. The Balaban J connectivity index is 1.25. The molecule has 0 radical (unpaired) electrons. The summed E-state index contributed by atoms with van der Waals surface area (Å²) in [5, 5.41) is 13.6. The number of aliphatic hydroxyl groups is 1. The highest BCUT2D eigenvalue weighted by Gasteiger charge is 2.28. The van der Waals surface area contributed by atoms with Crippen LogP contribution in [0.15, 0.2) is 54.6 Å². The molecule has 2 aromatic carbocycles. The number of piperidine rings is 1. The summed E-state index contributed by atoms with van der Waals surface area (Å²) in [6, 6.07) is 17.3. The van der Waals surface area contributed by atoms with Crippen LogP contribution in [-0.2, 0) is 0 Å². The lowest BCUT2D eigenvalue weighted by molar-refractivity contribution is 0.0683. The van der Waals surface area contributed by atoms with Crippen molar-refractivity contribution in [2.75, 3.05) is 18.4 Å². The van der Waals surface area contributed by atoms with Gasteiger partial charge in [-0.2, -0.15) is 0 Å². The van der Waals surface area contributed by atoms with Crippen molar-refractivity contribution in [2.24, 2.45) is 5.92 Å². The molecule has 1 saturated heterocycles. The molecule has 1 atom stereocenters. The van der Waals surface area contributed by atoms with Crippen LogP contribution >= 0.6 is 0 Å². The minimum absolute atomic E-state index is 0.0814. The van der Waals surface area contributed by atoms with Gasteiger partial charge in [-0.05, 0) is 74.3 Å². The van der Waals surface area contributed by atoms with Crippen molar-refractivity contribution in [1.82, 2.24) is 4.90 Å². The average Bonchev–Trinajstić information content (AvgIpc) is 3.28. The smallest absolute Gasteiger partial charge is 0.321 e. The quantitative estimate of drug-likeness (QED) is 0.751. The first-order chi connectivity index (χ1) is 14.2. The fraction of sp³-hybridized carbons (Fsp3) is 0.458. The number of likely N-dealkylation sites (tertiary alicyclic amines) is 1. The molecule has 4 rings (SSSR count). The third kappa shape index (κ3) is 5.10. The summed E-state index contributed by atoms with van der Waals surface area (Å²) < 4.78 is 5.98. The number of carbonyl (C=O) groups excluding carboxylic acids is 1. The van der Waals surface area contributed by atoms with Crippen molar-refractivity contribution >= 4 is 11.7 Å². The summed E-state index contributed by atoms with van der Waals surface area (Å²) >= 11 is 0. The van der Waals surface area contributed by atoms with Gasteiger partial charge in [0.1, 0.15) is 5.75 Å². The Morgan fingerprint density at radius 3 is 2.28 bits per heavy atom. The minimum atomic E-state index is -0.464. The van der Waals surface area contributed by atoms with Gasteiger partial charge >= 0.3 is 6.03 Å². The molecule has 154 valence electrons. The minimum Gasteiger partial charge on any atom is -0.490 e. The lowest BCUT2D eigenvalue weighted by Crippen LogP contribution is -2.42. The van der Waals surface area contributed by atoms with Crippen molar-refractivity contribution < 1.29 is 14.6 Å². The van der Waals surface area contributed by atoms with E-state index in [1.165, 1.54) is 12.8 Å². The molecule has 29 heavy (non-hydrogen) atoms. The van der Waals surface area contributed by atoms with Gasteiger partial charge in [0.2, 0.25) is 0 Å².